The van der Waals surface area contributed by atoms with Gasteiger partial charge in [0.2, 0.25) is 0 Å². The molecular formula is C28H31N3O6. The molecule has 2 amide bonds. The summed E-state index contributed by atoms with van der Waals surface area (Å²) in [6, 6.07) is 17.6. The zero-order valence-electron chi connectivity index (χ0n) is 21.4. The van der Waals surface area contributed by atoms with Crippen LogP contribution in [0.5, 0.6) is 23.0 Å². The molecule has 0 fully saturated rings. The van der Waals surface area contributed by atoms with Crippen LogP contribution in [-0.4, -0.2) is 45.0 Å². The van der Waals surface area contributed by atoms with Crippen molar-refractivity contribution >= 4 is 23.7 Å². The van der Waals surface area contributed by atoms with Gasteiger partial charge in [-0.15, -0.1) is 0 Å². The number of carbonyl (C=O) groups is 2. The second kappa shape index (κ2) is 13.5. The van der Waals surface area contributed by atoms with Crippen molar-refractivity contribution in [3.63, 3.8) is 0 Å². The van der Waals surface area contributed by atoms with Gasteiger partial charge in [-0.05, 0) is 80.4 Å². The fraction of sp³-hybridized carbons (Fsp3) is 0.250. The van der Waals surface area contributed by atoms with Gasteiger partial charge in [-0.25, -0.2) is 5.43 Å². The number of hydrogen-bond donors (Lipinski definition) is 2. The van der Waals surface area contributed by atoms with Gasteiger partial charge in [0, 0.05) is 11.3 Å². The Kier molecular flexibility index (Phi) is 9.90. The number of hydrazone groups is 1. The molecule has 0 radical (unpaired) electrons. The average Bonchev–Trinajstić information content (AvgIpc) is 2.88. The Hall–Kier alpha value is -4.53. The number of ether oxygens (including phenoxy) is 4. The molecule has 3 aromatic carbocycles. The predicted octanol–water partition coefficient (Wildman–Crippen LogP) is 4.58. The lowest BCUT2D eigenvalue weighted by Gasteiger charge is -2.13. The van der Waals surface area contributed by atoms with Crippen molar-refractivity contribution < 1.29 is 28.5 Å². The van der Waals surface area contributed by atoms with Gasteiger partial charge >= 0.3 is 0 Å². The maximum Gasteiger partial charge on any atom is 0.271 e. The first-order valence-corrected chi connectivity index (χ1v) is 11.8. The summed E-state index contributed by atoms with van der Waals surface area (Å²) in [7, 11) is 1.51. The maximum absolute atomic E-state index is 12.5. The van der Waals surface area contributed by atoms with Crippen molar-refractivity contribution in [2.24, 2.45) is 5.10 Å². The Bertz CT molecular complexity index is 1260. The zero-order chi connectivity index (χ0) is 26.6. The minimum absolute atomic E-state index is 0.178. The van der Waals surface area contributed by atoms with E-state index in [1.165, 1.54) is 13.3 Å². The van der Waals surface area contributed by atoms with Crippen LogP contribution < -0.4 is 29.7 Å². The fourth-order valence-electron chi connectivity index (χ4n) is 3.37. The molecule has 0 aromatic heterocycles. The summed E-state index contributed by atoms with van der Waals surface area (Å²) < 4.78 is 22.1. The van der Waals surface area contributed by atoms with Crippen molar-refractivity contribution in [2.45, 2.75) is 20.8 Å². The number of carbonyl (C=O) groups excluding carboxylic acids is 2. The quantitative estimate of drug-likeness (QED) is 0.276. The third kappa shape index (κ3) is 7.99. The van der Waals surface area contributed by atoms with E-state index in [9.17, 15) is 9.59 Å². The Morgan fingerprint density at radius 2 is 1.59 bits per heavy atom. The van der Waals surface area contributed by atoms with Crippen LogP contribution in [0.2, 0.25) is 0 Å². The van der Waals surface area contributed by atoms with Crippen molar-refractivity contribution in [2.75, 3.05) is 32.2 Å². The van der Waals surface area contributed by atoms with E-state index in [0.717, 1.165) is 5.56 Å². The first-order valence-electron chi connectivity index (χ1n) is 11.8. The Labute approximate surface area is 216 Å². The second-order valence-electron chi connectivity index (χ2n) is 7.84. The first-order chi connectivity index (χ1) is 17.9. The predicted molar refractivity (Wildman–Crippen MR) is 142 cm³/mol. The monoisotopic (exact) mass is 505 g/mol. The highest BCUT2D eigenvalue weighted by molar-refractivity contribution is 5.95. The number of methoxy groups -OCH3 is 1. The number of aryl methyl sites for hydroxylation is 1. The minimum atomic E-state index is -0.401. The summed E-state index contributed by atoms with van der Waals surface area (Å²) in [4.78, 5) is 24.8. The molecule has 9 heteroatoms. The summed E-state index contributed by atoms with van der Waals surface area (Å²) in [5.74, 6) is 1.21. The van der Waals surface area contributed by atoms with Crippen LogP contribution in [0.1, 0.15) is 35.3 Å². The maximum atomic E-state index is 12.5. The van der Waals surface area contributed by atoms with Gasteiger partial charge in [0.25, 0.3) is 11.8 Å². The van der Waals surface area contributed by atoms with Crippen LogP contribution in [-0.2, 0) is 4.79 Å². The molecule has 0 aliphatic rings. The summed E-state index contributed by atoms with van der Waals surface area (Å²) >= 11 is 0. The van der Waals surface area contributed by atoms with Crippen LogP contribution in [0.4, 0.5) is 5.69 Å². The van der Waals surface area contributed by atoms with E-state index in [1.807, 2.05) is 45.0 Å². The zero-order valence-corrected chi connectivity index (χ0v) is 21.4. The van der Waals surface area contributed by atoms with Crippen LogP contribution >= 0.6 is 0 Å². The standard InChI is InChI=1S/C28H31N3O6/c1-5-35-23-13-11-21(16-25(23)34-4)28(33)31-29-17-20-10-12-24(26(15-20)36-6-2)37-18-27(32)30-22-9-7-8-19(3)14-22/h7-17H,5-6,18H2,1-4H3,(H,30,32)(H,31,33)/b29-17+. The van der Waals surface area contributed by atoms with Crippen LogP contribution in [0.25, 0.3) is 0 Å². The number of benzene rings is 3. The van der Waals surface area contributed by atoms with Gasteiger partial charge in [-0.3, -0.25) is 9.59 Å². The van der Waals surface area contributed by atoms with Crippen LogP contribution in [0.3, 0.4) is 0 Å². The molecule has 0 saturated carbocycles. The fourth-order valence-corrected chi connectivity index (χ4v) is 3.37. The lowest BCUT2D eigenvalue weighted by atomic mass is 10.2. The van der Waals surface area contributed by atoms with Crippen molar-refractivity contribution in [3.8, 4) is 23.0 Å². The first kappa shape index (κ1) is 27.1. The van der Waals surface area contributed by atoms with Gasteiger partial charge in [-0.1, -0.05) is 12.1 Å². The number of nitrogens with zero attached hydrogens (tertiary/aromatic N) is 1. The largest absolute Gasteiger partial charge is 0.493 e. The summed E-state index contributed by atoms with van der Waals surface area (Å²) in [5.41, 5.74) is 5.29. The van der Waals surface area contributed by atoms with E-state index >= 15 is 0 Å². The number of rotatable bonds is 12. The summed E-state index contributed by atoms with van der Waals surface area (Å²) in [6.07, 6.45) is 1.49. The normalized spacial score (nSPS) is 10.6. The molecular weight excluding hydrogens is 474 g/mol. The third-order valence-corrected chi connectivity index (χ3v) is 5.03. The molecule has 0 bridgehead atoms. The molecule has 194 valence electrons. The average molecular weight is 506 g/mol. The lowest BCUT2D eigenvalue weighted by Crippen LogP contribution is -2.20. The van der Waals surface area contributed by atoms with E-state index in [-0.39, 0.29) is 12.5 Å². The number of anilines is 1. The second-order valence-corrected chi connectivity index (χ2v) is 7.84. The molecule has 0 atom stereocenters. The highest BCUT2D eigenvalue weighted by Gasteiger charge is 2.12. The van der Waals surface area contributed by atoms with Gasteiger partial charge in [0.05, 0.1) is 26.5 Å². The highest BCUT2D eigenvalue weighted by Crippen LogP contribution is 2.29. The molecule has 2 N–H and O–H groups in total. The van der Waals surface area contributed by atoms with Gasteiger partial charge in [-0.2, -0.15) is 5.10 Å². The van der Waals surface area contributed by atoms with E-state index in [0.29, 0.717) is 53.0 Å². The Balaban J connectivity index is 1.61. The molecule has 3 aromatic rings. The van der Waals surface area contributed by atoms with Crippen molar-refractivity contribution in [1.29, 1.82) is 0 Å². The molecule has 0 heterocycles. The molecule has 0 saturated heterocycles. The number of hydrogen-bond acceptors (Lipinski definition) is 7. The van der Waals surface area contributed by atoms with E-state index in [4.69, 9.17) is 18.9 Å². The topological polar surface area (TPSA) is 107 Å². The van der Waals surface area contributed by atoms with Gasteiger partial charge in [0.1, 0.15) is 0 Å². The third-order valence-electron chi connectivity index (χ3n) is 5.03. The molecule has 3 rings (SSSR count). The minimum Gasteiger partial charge on any atom is -0.493 e. The molecule has 37 heavy (non-hydrogen) atoms. The molecule has 0 unspecified atom stereocenters. The van der Waals surface area contributed by atoms with Crippen molar-refractivity contribution in [3.05, 3.63) is 77.4 Å². The van der Waals surface area contributed by atoms with E-state index < -0.39 is 5.91 Å². The van der Waals surface area contributed by atoms with Gasteiger partial charge < -0.3 is 24.3 Å². The smallest absolute Gasteiger partial charge is 0.271 e. The molecule has 9 nitrogen and oxygen atoms in total. The van der Waals surface area contributed by atoms with Crippen LogP contribution in [0.15, 0.2) is 65.8 Å². The van der Waals surface area contributed by atoms with Crippen molar-refractivity contribution in [1.82, 2.24) is 5.43 Å². The number of nitrogens with one attached hydrogen (secondary N) is 2. The Morgan fingerprint density at radius 1 is 0.865 bits per heavy atom. The molecule has 0 aliphatic heterocycles. The summed E-state index contributed by atoms with van der Waals surface area (Å²) in [6.45, 7) is 6.38. The van der Waals surface area contributed by atoms with Gasteiger partial charge in [0.15, 0.2) is 29.6 Å². The molecule has 0 aliphatic carbocycles. The highest BCUT2D eigenvalue weighted by atomic mass is 16.5. The van der Waals surface area contributed by atoms with E-state index in [1.54, 1.807) is 36.4 Å². The number of amides is 2. The molecule has 0 spiro atoms. The Morgan fingerprint density at radius 3 is 2.32 bits per heavy atom. The van der Waals surface area contributed by atoms with E-state index in [2.05, 4.69) is 15.8 Å². The lowest BCUT2D eigenvalue weighted by molar-refractivity contribution is -0.118. The SMILES string of the molecule is CCOc1ccc(C(=O)N/N=C/c2ccc(OCC(=O)Nc3cccc(C)c3)c(OCC)c2)cc1OC. The summed E-state index contributed by atoms with van der Waals surface area (Å²) in [5, 5.41) is 6.84. The van der Waals surface area contributed by atoms with Crippen LogP contribution in [0, 0.1) is 6.92 Å².